The molecule has 11 heteroatoms. The summed E-state index contributed by atoms with van der Waals surface area (Å²) in [6.45, 7) is 6.84. The number of para-hydroxylation sites is 1. The number of likely N-dealkylation sites (tertiary alicyclic amines) is 2. The lowest BCUT2D eigenvalue weighted by atomic mass is 9.98. The number of fused-ring (bicyclic) bond motifs is 1. The maximum atomic E-state index is 15.6. The topological polar surface area (TPSA) is 126 Å². The Morgan fingerprint density at radius 1 is 1.11 bits per heavy atom. The minimum absolute atomic E-state index is 0.145. The predicted molar refractivity (Wildman–Crippen MR) is 165 cm³/mol. The number of hydrogen-bond donors (Lipinski definition) is 1. The second kappa shape index (κ2) is 12.1. The van der Waals surface area contributed by atoms with E-state index in [1.807, 2.05) is 32.0 Å². The zero-order valence-corrected chi connectivity index (χ0v) is 24.9. The lowest BCUT2D eigenvalue weighted by molar-refractivity contribution is -0.127. The number of ether oxygens (including phenoxy) is 1. The number of anilines is 1. The van der Waals surface area contributed by atoms with Gasteiger partial charge < -0.3 is 15.4 Å². The number of amides is 1. The van der Waals surface area contributed by atoms with Gasteiger partial charge >= 0.3 is 0 Å². The Labute approximate surface area is 255 Å². The van der Waals surface area contributed by atoms with Crippen molar-refractivity contribution in [2.45, 2.75) is 57.7 Å². The second-order valence-electron chi connectivity index (χ2n) is 11.9. The van der Waals surface area contributed by atoms with E-state index >= 15 is 4.39 Å². The summed E-state index contributed by atoms with van der Waals surface area (Å²) in [7, 11) is 0. The van der Waals surface area contributed by atoms with Crippen LogP contribution in [0, 0.1) is 17.1 Å². The van der Waals surface area contributed by atoms with E-state index in [1.165, 1.54) is 12.4 Å². The number of nitrogen functional groups attached to an aromatic ring is 1. The molecule has 1 atom stereocenters. The van der Waals surface area contributed by atoms with Gasteiger partial charge in [0.2, 0.25) is 0 Å². The summed E-state index contributed by atoms with van der Waals surface area (Å²) < 4.78 is 23.0. The number of nitrogens with two attached hydrogens (primary N) is 1. The predicted octanol–water partition coefficient (Wildman–Crippen LogP) is 5.32. The fraction of sp³-hybridized carbons (Fsp3) is 0.364. The molecule has 2 aliphatic rings. The van der Waals surface area contributed by atoms with Gasteiger partial charge in [-0.15, -0.1) is 0 Å². The Morgan fingerprint density at radius 3 is 2.61 bits per heavy atom. The Bertz CT molecular complexity index is 1750. The summed E-state index contributed by atoms with van der Waals surface area (Å²) in [6.07, 6.45) is 6.92. The van der Waals surface area contributed by atoms with Gasteiger partial charge in [-0.1, -0.05) is 18.2 Å². The Kier molecular flexibility index (Phi) is 8.01. The van der Waals surface area contributed by atoms with E-state index in [9.17, 15) is 10.1 Å². The second-order valence-corrected chi connectivity index (χ2v) is 11.9. The highest BCUT2D eigenvalue weighted by molar-refractivity contribution is 5.99. The fourth-order valence-corrected chi connectivity index (χ4v) is 6.25. The SMILES string of the molecule is CC(C)(C=C(C#N)C(=O)N1CCC[C@@H]1Cn1nc(-c2ccc(Oc3ccccc3)cc2F)c2c(N)ncnc21)N1CCCC1. The molecule has 0 aliphatic carbocycles. The summed E-state index contributed by atoms with van der Waals surface area (Å²) in [5.41, 5.74) is 7.00. The number of nitriles is 1. The van der Waals surface area contributed by atoms with Crippen LogP contribution in [0.25, 0.3) is 22.3 Å². The van der Waals surface area contributed by atoms with Gasteiger partial charge in [-0.2, -0.15) is 10.4 Å². The largest absolute Gasteiger partial charge is 0.457 e. The van der Waals surface area contributed by atoms with Crippen molar-refractivity contribution >= 4 is 22.8 Å². The standard InChI is InChI=1S/C33H35FN8O2/c1-33(2,40-14-6-7-15-40)18-22(19-35)32(43)41-16-8-9-23(41)20-42-31-28(30(36)37-21-38-31)29(39-42)26-13-12-25(17-27(26)34)44-24-10-4-3-5-11-24/h3-5,10-13,17-18,21,23H,6-9,14-16,20H2,1-2H3,(H2,36,37,38)/t23-/m1/s1. The molecule has 6 rings (SSSR count). The van der Waals surface area contributed by atoms with E-state index in [0.717, 1.165) is 38.8 Å². The van der Waals surface area contributed by atoms with Crippen molar-refractivity contribution in [2.24, 2.45) is 0 Å². The van der Waals surface area contributed by atoms with Crippen LogP contribution >= 0.6 is 0 Å². The number of nitrogens with zero attached hydrogens (tertiary/aromatic N) is 7. The first-order valence-corrected chi connectivity index (χ1v) is 14.9. The Hall–Kier alpha value is -4.82. The van der Waals surface area contributed by atoms with Crippen LogP contribution < -0.4 is 10.5 Å². The molecule has 4 heterocycles. The summed E-state index contributed by atoms with van der Waals surface area (Å²) in [5.74, 6) is 0.304. The first-order chi connectivity index (χ1) is 21.2. The van der Waals surface area contributed by atoms with Gasteiger partial charge in [0.05, 0.1) is 18.0 Å². The van der Waals surface area contributed by atoms with Crippen LogP contribution in [0.2, 0.25) is 0 Å². The van der Waals surface area contributed by atoms with Crippen LogP contribution in [-0.2, 0) is 11.3 Å². The summed E-state index contributed by atoms with van der Waals surface area (Å²) in [4.78, 5) is 26.3. The average molecular weight is 595 g/mol. The number of hydrogen-bond acceptors (Lipinski definition) is 8. The summed E-state index contributed by atoms with van der Waals surface area (Å²) >= 11 is 0. The van der Waals surface area contributed by atoms with E-state index < -0.39 is 11.4 Å². The van der Waals surface area contributed by atoms with Gasteiger partial charge in [0.1, 0.15) is 46.8 Å². The molecule has 2 aromatic heterocycles. The van der Waals surface area contributed by atoms with E-state index in [2.05, 4.69) is 20.9 Å². The molecular formula is C33H35FN8O2. The highest BCUT2D eigenvalue weighted by Gasteiger charge is 2.35. The number of carbonyl (C=O) groups excluding carboxylic acids is 1. The van der Waals surface area contributed by atoms with Gasteiger partial charge in [0.15, 0.2) is 5.65 Å². The van der Waals surface area contributed by atoms with Crippen molar-refractivity contribution in [3.63, 3.8) is 0 Å². The smallest absolute Gasteiger partial charge is 0.264 e. The van der Waals surface area contributed by atoms with Crippen LogP contribution in [0.3, 0.4) is 0 Å². The maximum Gasteiger partial charge on any atom is 0.264 e. The molecule has 2 fully saturated rings. The molecule has 0 unspecified atom stereocenters. The molecule has 0 spiro atoms. The quantitative estimate of drug-likeness (QED) is 0.215. The number of benzene rings is 2. The normalized spacial score (nSPS) is 17.7. The van der Waals surface area contributed by atoms with Crippen LogP contribution in [0.1, 0.15) is 39.5 Å². The fourth-order valence-electron chi connectivity index (χ4n) is 6.25. The highest BCUT2D eigenvalue weighted by atomic mass is 19.1. The minimum Gasteiger partial charge on any atom is -0.457 e. The van der Waals surface area contributed by atoms with Crippen molar-refractivity contribution in [1.82, 2.24) is 29.5 Å². The van der Waals surface area contributed by atoms with Crippen LogP contribution in [0.5, 0.6) is 11.5 Å². The van der Waals surface area contributed by atoms with Crippen molar-refractivity contribution in [1.29, 1.82) is 5.26 Å². The number of halogens is 1. The maximum absolute atomic E-state index is 15.6. The molecule has 4 aromatic rings. The summed E-state index contributed by atoms with van der Waals surface area (Å²) in [6, 6.07) is 15.7. The lowest BCUT2D eigenvalue weighted by Crippen LogP contribution is -2.42. The molecule has 0 bridgehead atoms. The monoisotopic (exact) mass is 594 g/mol. The molecule has 0 saturated carbocycles. The van der Waals surface area contributed by atoms with E-state index in [1.54, 1.807) is 39.9 Å². The molecule has 2 N–H and O–H groups in total. The van der Waals surface area contributed by atoms with Gasteiger partial charge in [-0.05, 0) is 83.0 Å². The lowest BCUT2D eigenvalue weighted by Gasteiger charge is -2.33. The van der Waals surface area contributed by atoms with Gasteiger partial charge in [-0.3, -0.25) is 9.69 Å². The third kappa shape index (κ3) is 5.73. The van der Waals surface area contributed by atoms with Crippen molar-refractivity contribution in [3.05, 3.63) is 72.3 Å². The third-order valence-corrected chi connectivity index (χ3v) is 8.52. The van der Waals surface area contributed by atoms with Crippen molar-refractivity contribution in [2.75, 3.05) is 25.4 Å². The van der Waals surface area contributed by atoms with Crippen molar-refractivity contribution < 1.29 is 13.9 Å². The number of carbonyl (C=O) groups is 1. The van der Waals surface area contributed by atoms with Crippen LogP contribution in [-0.4, -0.2) is 66.7 Å². The third-order valence-electron chi connectivity index (χ3n) is 8.52. The minimum atomic E-state index is -0.532. The number of aromatic nitrogens is 4. The molecule has 1 amide bonds. The highest BCUT2D eigenvalue weighted by Crippen LogP contribution is 2.35. The summed E-state index contributed by atoms with van der Waals surface area (Å²) in [5, 5.41) is 15.2. The van der Waals surface area contributed by atoms with Crippen LogP contribution in [0.4, 0.5) is 10.2 Å². The van der Waals surface area contributed by atoms with E-state index in [-0.39, 0.29) is 28.9 Å². The molecular weight excluding hydrogens is 559 g/mol. The molecule has 44 heavy (non-hydrogen) atoms. The zero-order chi connectivity index (χ0) is 30.8. The molecule has 226 valence electrons. The first-order valence-electron chi connectivity index (χ1n) is 14.9. The molecule has 2 aromatic carbocycles. The Balaban J connectivity index is 1.28. The average Bonchev–Trinajstić information content (AvgIpc) is 3.78. The zero-order valence-electron chi connectivity index (χ0n) is 24.9. The molecule has 10 nitrogen and oxygen atoms in total. The van der Waals surface area contributed by atoms with Crippen LogP contribution in [0.15, 0.2) is 66.5 Å². The molecule has 2 saturated heterocycles. The van der Waals surface area contributed by atoms with Gasteiger partial charge in [-0.25, -0.2) is 19.0 Å². The van der Waals surface area contributed by atoms with Gasteiger partial charge in [0.25, 0.3) is 5.91 Å². The first kappa shape index (κ1) is 29.3. The van der Waals surface area contributed by atoms with Crippen molar-refractivity contribution in [3.8, 4) is 28.8 Å². The number of rotatable bonds is 8. The van der Waals surface area contributed by atoms with E-state index in [0.29, 0.717) is 41.3 Å². The molecule has 2 aliphatic heterocycles. The van der Waals surface area contributed by atoms with Gasteiger partial charge in [0, 0.05) is 23.7 Å². The molecule has 0 radical (unpaired) electrons. The van der Waals surface area contributed by atoms with E-state index in [4.69, 9.17) is 15.6 Å². The Morgan fingerprint density at radius 2 is 1.89 bits per heavy atom.